The molecular weight excluding hydrogens is 504 g/mol. The van der Waals surface area contributed by atoms with Crippen LogP contribution in [0.25, 0.3) is 11.3 Å². The second kappa shape index (κ2) is 9.53. The molecule has 0 aliphatic carbocycles. The lowest BCUT2D eigenvalue weighted by molar-refractivity contribution is 0.102. The molecule has 9 heteroatoms. The first-order valence-electron chi connectivity index (χ1n) is 8.75. The Hall–Kier alpha value is -2.52. The molecule has 2 N–H and O–H groups in total. The number of hydrogen-bond donors (Lipinski definition) is 2. The van der Waals surface area contributed by atoms with E-state index in [2.05, 4.69) is 36.8 Å². The summed E-state index contributed by atoms with van der Waals surface area (Å²) >= 11 is 12.3. The molecule has 2 aromatic heterocycles. The predicted octanol–water partition coefficient (Wildman–Crippen LogP) is 6.99. The number of carbonyl (C=O) groups is 1. The smallest absolute Gasteiger partial charge is 0.256 e. The van der Waals surface area contributed by atoms with Gasteiger partial charge in [-0.15, -0.1) is 11.3 Å². The van der Waals surface area contributed by atoms with E-state index in [1.54, 1.807) is 41.8 Å². The molecule has 0 spiro atoms. The number of benzene rings is 2. The number of amides is 1. The Bertz CT molecular complexity index is 1170. The number of thiazole rings is 1. The van der Waals surface area contributed by atoms with Gasteiger partial charge in [0.2, 0.25) is 5.13 Å². The standard InChI is InChI=1S/C21H14BrClN4OS2/c22-15-7-3-14(4-8-15)19(28)26-20-18(13-5-9-16(23)10-6-13)25-21(30-20)27-24-12-17-2-1-11-29-17/h1-12H,(H,25,27)(H,26,28)/b24-12+. The summed E-state index contributed by atoms with van der Waals surface area (Å²) in [5, 5.41) is 11.0. The van der Waals surface area contributed by atoms with E-state index < -0.39 is 0 Å². The molecule has 150 valence electrons. The molecule has 1 amide bonds. The van der Waals surface area contributed by atoms with Gasteiger partial charge < -0.3 is 5.32 Å². The number of nitrogens with one attached hydrogen (secondary N) is 2. The summed E-state index contributed by atoms with van der Waals surface area (Å²) in [7, 11) is 0. The van der Waals surface area contributed by atoms with E-state index >= 15 is 0 Å². The number of rotatable bonds is 6. The molecule has 0 aliphatic rings. The second-order valence-corrected chi connectivity index (χ2v) is 9.38. The van der Waals surface area contributed by atoms with Gasteiger partial charge in [-0.05, 0) is 47.8 Å². The minimum absolute atomic E-state index is 0.213. The van der Waals surface area contributed by atoms with Crippen LogP contribution >= 0.6 is 50.2 Å². The summed E-state index contributed by atoms with van der Waals surface area (Å²) in [5.41, 5.74) is 4.99. The third-order valence-electron chi connectivity index (χ3n) is 3.97. The highest BCUT2D eigenvalue weighted by Gasteiger charge is 2.16. The fourth-order valence-electron chi connectivity index (χ4n) is 2.55. The summed E-state index contributed by atoms with van der Waals surface area (Å²) in [6, 6.07) is 18.4. The Balaban J connectivity index is 1.61. The molecule has 0 radical (unpaired) electrons. The first-order chi connectivity index (χ1) is 14.6. The van der Waals surface area contributed by atoms with Crippen molar-refractivity contribution in [1.82, 2.24) is 4.98 Å². The van der Waals surface area contributed by atoms with E-state index in [0.29, 0.717) is 26.4 Å². The van der Waals surface area contributed by atoms with Crippen molar-refractivity contribution in [3.8, 4) is 11.3 Å². The highest BCUT2D eigenvalue weighted by atomic mass is 79.9. The van der Waals surface area contributed by atoms with E-state index in [1.165, 1.54) is 11.3 Å². The molecule has 4 rings (SSSR count). The number of halogens is 2. The average molecular weight is 518 g/mol. The molecule has 0 bridgehead atoms. The molecule has 2 aromatic carbocycles. The van der Waals surface area contributed by atoms with Crippen LogP contribution in [0, 0.1) is 0 Å². The largest absolute Gasteiger partial charge is 0.312 e. The molecule has 2 heterocycles. The van der Waals surface area contributed by atoms with E-state index in [9.17, 15) is 4.79 Å². The highest BCUT2D eigenvalue weighted by molar-refractivity contribution is 9.10. The summed E-state index contributed by atoms with van der Waals surface area (Å²) < 4.78 is 0.911. The van der Waals surface area contributed by atoms with Gasteiger partial charge in [-0.1, -0.05) is 57.1 Å². The van der Waals surface area contributed by atoms with Crippen molar-refractivity contribution in [2.24, 2.45) is 5.10 Å². The van der Waals surface area contributed by atoms with Gasteiger partial charge in [0.15, 0.2) is 0 Å². The van der Waals surface area contributed by atoms with Crippen LogP contribution in [-0.2, 0) is 0 Å². The number of nitrogens with zero attached hydrogens (tertiary/aromatic N) is 2. The first-order valence-corrected chi connectivity index (χ1v) is 11.6. The topological polar surface area (TPSA) is 66.4 Å². The second-order valence-electron chi connectivity index (χ2n) is 6.05. The number of thiophene rings is 1. The lowest BCUT2D eigenvalue weighted by atomic mass is 10.1. The molecule has 4 aromatic rings. The van der Waals surface area contributed by atoms with Crippen molar-refractivity contribution in [2.75, 3.05) is 10.7 Å². The molecule has 0 fully saturated rings. The zero-order chi connectivity index (χ0) is 20.9. The number of aromatic nitrogens is 1. The maximum atomic E-state index is 12.7. The zero-order valence-electron chi connectivity index (χ0n) is 15.3. The molecule has 5 nitrogen and oxygen atoms in total. The molecule has 30 heavy (non-hydrogen) atoms. The monoisotopic (exact) mass is 516 g/mol. The van der Waals surface area contributed by atoms with Gasteiger partial charge in [0, 0.05) is 25.5 Å². The van der Waals surface area contributed by atoms with Gasteiger partial charge >= 0.3 is 0 Å². The molecule has 0 unspecified atom stereocenters. The van der Waals surface area contributed by atoms with E-state index in [1.807, 2.05) is 41.8 Å². The fraction of sp³-hybridized carbons (Fsp3) is 0. The van der Waals surface area contributed by atoms with Crippen LogP contribution in [0.3, 0.4) is 0 Å². The number of hydrazone groups is 1. The summed E-state index contributed by atoms with van der Waals surface area (Å²) in [6.45, 7) is 0. The Labute approximate surface area is 194 Å². The lowest BCUT2D eigenvalue weighted by Gasteiger charge is -2.06. The summed E-state index contributed by atoms with van der Waals surface area (Å²) in [6.07, 6.45) is 1.73. The number of carbonyl (C=O) groups excluding carboxylic acids is 1. The van der Waals surface area contributed by atoms with Crippen molar-refractivity contribution >= 4 is 72.5 Å². The van der Waals surface area contributed by atoms with Gasteiger partial charge in [0.25, 0.3) is 5.91 Å². The fourth-order valence-corrected chi connectivity index (χ4v) is 4.36. The van der Waals surface area contributed by atoms with Gasteiger partial charge in [-0.3, -0.25) is 10.2 Å². The third kappa shape index (κ3) is 5.14. The number of hydrogen-bond acceptors (Lipinski definition) is 6. The first kappa shape index (κ1) is 20.7. The third-order valence-corrected chi connectivity index (χ3v) is 6.44. The van der Waals surface area contributed by atoms with Crippen molar-refractivity contribution < 1.29 is 4.79 Å². The normalized spacial score (nSPS) is 11.0. The molecule has 0 aliphatic heterocycles. The van der Waals surface area contributed by atoms with Crippen LogP contribution in [0.1, 0.15) is 15.2 Å². The average Bonchev–Trinajstić information content (AvgIpc) is 3.39. The van der Waals surface area contributed by atoms with Crippen molar-refractivity contribution in [3.63, 3.8) is 0 Å². The highest BCUT2D eigenvalue weighted by Crippen LogP contribution is 2.36. The van der Waals surface area contributed by atoms with Gasteiger partial charge in [-0.2, -0.15) is 5.10 Å². The van der Waals surface area contributed by atoms with E-state index in [0.717, 1.165) is 14.9 Å². The molecule has 0 saturated heterocycles. The zero-order valence-corrected chi connectivity index (χ0v) is 19.3. The van der Waals surface area contributed by atoms with Gasteiger partial charge in [0.05, 0.1) is 6.21 Å². The summed E-state index contributed by atoms with van der Waals surface area (Å²) in [5.74, 6) is -0.213. The number of anilines is 2. The Morgan fingerprint density at radius 1 is 1.10 bits per heavy atom. The van der Waals surface area contributed by atoms with Gasteiger partial charge in [0.1, 0.15) is 10.7 Å². The lowest BCUT2D eigenvalue weighted by Crippen LogP contribution is -2.11. The Morgan fingerprint density at radius 2 is 1.87 bits per heavy atom. The SMILES string of the molecule is O=C(Nc1sc(N/N=C/c2cccs2)nc1-c1ccc(Cl)cc1)c1ccc(Br)cc1. The Kier molecular flexibility index (Phi) is 6.59. The van der Waals surface area contributed by atoms with E-state index in [-0.39, 0.29) is 5.91 Å². The van der Waals surface area contributed by atoms with Crippen molar-refractivity contribution in [3.05, 3.63) is 86.0 Å². The van der Waals surface area contributed by atoms with Crippen LogP contribution in [0.5, 0.6) is 0 Å². The minimum Gasteiger partial charge on any atom is -0.312 e. The van der Waals surface area contributed by atoms with Crippen molar-refractivity contribution in [1.29, 1.82) is 0 Å². The van der Waals surface area contributed by atoms with Crippen LogP contribution < -0.4 is 10.7 Å². The Morgan fingerprint density at radius 3 is 2.57 bits per heavy atom. The molecule has 0 atom stereocenters. The summed E-state index contributed by atoms with van der Waals surface area (Å²) in [4.78, 5) is 18.4. The van der Waals surface area contributed by atoms with E-state index in [4.69, 9.17) is 11.6 Å². The van der Waals surface area contributed by atoms with Crippen LogP contribution in [-0.4, -0.2) is 17.1 Å². The molecule has 0 saturated carbocycles. The predicted molar refractivity (Wildman–Crippen MR) is 130 cm³/mol. The van der Waals surface area contributed by atoms with Crippen LogP contribution in [0.15, 0.2) is 75.6 Å². The maximum Gasteiger partial charge on any atom is 0.256 e. The van der Waals surface area contributed by atoms with Gasteiger partial charge in [-0.25, -0.2) is 4.98 Å². The quantitative estimate of drug-likeness (QED) is 0.214. The maximum absolute atomic E-state index is 12.7. The molecular formula is C21H14BrClN4OS2. The van der Waals surface area contributed by atoms with Crippen LogP contribution in [0.4, 0.5) is 10.1 Å². The van der Waals surface area contributed by atoms with Crippen molar-refractivity contribution in [2.45, 2.75) is 0 Å². The van der Waals surface area contributed by atoms with Crippen LogP contribution in [0.2, 0.25) is 5.02 Å². The minimum atomic E-state index is -0.213.